The number of benzene rings is 1. The maximum absolute atomic E-state index is 12.7. The first-order valence-electron chi connectivity index (χ1n) is 12.1. The van der Waals surface area contributed by atoms with Crippen LogP contribution < -0.4 is 20.3 Å². The van der Waals surface area contributed by atoms with Crippen LogP contribution >= 0.6 is 11.8 Å². The number of para-hydroxylation sites is 1. The largest absolute Gasteiger partial charge is 0.476 e. The molecule has 1 aromatic heterocycles. The molecule has 3 saturated heterocycles. The second-order valence-electron chi connectivity index (χ2n) is 9.56. The molecule has 0 radical (unpaired) electrons. The number of imide groups is 1. The maximum atomic E-state index is 12.7. The fourth-order valence-electron chi connectivity index (χ4n) is 4.65. The van der Waals surface area contributed by atoms with E-state index in [0.717, 1.165) is 24.0 Å². The van der Waals surface area contributed by atoms with Gasteiger partial charge in [0.05, 0.1) is 10.6 Å². The molecule has 1 aromatic carbocycles. The van der Waals surface area contributed by atoms with Crippen LogP contribution in [0.15, 0.2) is 41.3 Å². The first-order valence-corrected chi connectivity index (χ1v) is 12.9. The molecule has 2 aromatic rings. The molecule has 3 aliphatic heterocycles. The second-order valence-corrected chi connectivity index (χ2v) is 10.6. The monoisotopic (exact) mass is 523 g/mol. The van der Waals surface area contributed by atoms with Gasteiger partial charge in [0, 0.05) is 56.3 Å². The minimum absolute atomic E-state index is 0.0875. The Morgan fingerprint density at radius 1 is 1.16 bits per heavy atom. The Kier molecular flexibility index (Phi) is 7.28. The predicted molar refractivity (Wildman–Crippen MR) is 141 cm³/mol. The highest BCUT2D eigenvalue weighted by molar-refractivity contribution is 8.18. The molecule has 2 N–H and O–H groups in total. The SMILES string of the molecule is CN(C)CCOc1cc(/C=C2/SC(=O)NC2=O)nc(N2CC3CN(C(=O)Nc4ccccc4)CC3C2)n1. The average Bonchev–Trinajstić information content (AvgIpc) is 3.52. The summed E-state index contributed by atoms with van der Waals surface area (Å²) in [7, 11) is 3.92. The highest BCUT2D eigenvalue weighted by Crippen LogP contribution is 2.34. The molecule has 3 fully saturated rings. The van der Waals surface area contributed by atoms with E-state index in [1.54, 1.807) is 12.1 Å². The van der Waals surface area contributed by atoms with E-state index in [-0.39, 0.29) is 10.9 Å². The summed E-state index contributed by atoms with van der Waals surface area (Å²) in [4.78, 5) is 51.9. The molecule has 4 amide bonds. The molecule has 3 aliphatic rings. The number of fused-ring (bicyclic) bond motifs is 1. The number of rotatable bonds is 7. The van der Waals surface area contributed by atoms with Gasteiger partial charge in [-0.15, -0.1) is 0 Å². The lowest BCUT2D eigenvalue weighted by Gasteiger charge is -2.22. The van der Waals surface area contributed by atoms with E-state index in [9.17, 15) is 14.4 Å². The topological polar surface area (TPSA) is 120 Å². The van der Waals surface area contributed by atoms with E-state index in [0.29, 0.717) is 62.1 Å². The van der Waals surface area contributed by atoms with Gasteiger partial charge in [-0.3, -0.25) is 14.9 Å². The normalized spacial score (nSPS) is 22.1. The summed E-state index contributed by atoms with van der Waals surface area (Å²) in [5.74, 6) is 1.10. The summed E-state index contributed by atoms with van der Waals surface area (Å²) < 4.78 is 5.89. The first kappa shape index (κ1) is 25.0. The summed E-state index contributed by atoms with van der Waals surface area (Å²) >= 11 is 0.848. The van der Waals surface area contributed by atoms with Gasteiger partial charge in [-0.1, -0.05) is 18.2 Å². The number of ether oxygens (including phenoxy) is 1. The van der Waals surface area contributed by atoms with Crippen LogP contribution in [0.2, 0.25) is 0 Å². The van der Waals surface area contributed by atoms with Gasteiger partial charge < -0.3 is 24.8 Å². The van der Waals surface area contributed by atoms with Crippen molar-refractivity contribution in [1.82, 2.24) is 25.1 Å². The fourth-order valence-corrected chi connectivity index (χ4v) is 5.32. The number of anilines is 2. The number of carbonyl (C=O) groups excluding carboxylic acids is 3. The van der Waals surface area contributed by atoms with Gasteiger partial charge in [-0.2, -0.15) is 4.98 Å². The fraction of sp³-hybridized carbons (Fsp3) is 0.400. The van der Waals surface area contributed by atoms with Crippen LogP contribution in [0.4, 0.5) is 21.2 Å². The summed E-state index contributed by atoms with van der Waals surface area (Å²) in [5, 5.41) is 4.82. The summed E-state index contributed by atoms with van der Waals surface area (Å²) in [6.07, 6.45) is 1.58. The Morgan fingerprint density at radius 2 is 1.89 bits per heavy atom. The molecule has 2 atom stereocenters. The van der Waals surface area contributed by atoms with Gasteiger partial charge in [-0.25, -0.2) is 9.78 Å². The van der Waals surface area contributed by atoms with E-state index >= 15 is 0 Å². The zero-order chi connectivity index (χ0) is 25.9. The molecule has 194 valence electrons. The minimum atomic E-state index is -0.435. The smallest absolute Gasteiger partial charge is 0.321 e. The number of nitrogens with zero attached hydrogens (tertiary/aromatic N) is 5. The van der Waals surface area contributed by atoms with Gasteiger partial charge in [0.2, 0.25) is 11.8 Å². The van der Waals surface area contributed by atoms with E-state index in [1.807, 2.05) is 54.2 Å². The molecular formula is C25H29N7O4S. The zero-order valence-electron chi connectivity index (χ0n) is 20.7. The van der Waals surface area contributed by atoms with E-state index in [4.69, 9.17) is 4.74 Å². The quantitative estimate of drug-likeness (QED) is 0.527. The van der Waals surface area contributed by atoms with Crippen molar-refractivity contribution in [2.45, 2.75) is 0 Å². The molecule has 2 unspecified atom stereocenters. The van der Waals surface area contributed by atoms with Crippen LogP contribution in [0, 0.1) is 11.8 Å². The molecule has 37 heavy (non-hydrogen) atoms. The predicted octanol–water partition coefficient (Wildman–Crippen LogP) is 2.34. The van der Waals surface area contributed by atoms with Crippen LogP contribution in [-0.4, -0.2) is 90.4 Å². The van der Waals surface area contributed by atoms with Crippen LogP contribution in [0.5, 0.6) is 5.88 Å². The van der Waals surface area contributed by atoms with E-state index in [1.165, 1.54) is 0 Å². The molecule has 0 bridgehead atoms. The first-order chi connectivity index (χ1) is 17.8. The summed E-state index contributed by atoms with van der Waals surface area (Å²) in [5.41, 5.74) is 1.28. The van der Waals surface area contributed by atoms with Gasteiger partial charge in [0.1, 0.15) is 6.61 Å². The third kappa shape index (κ3) is 6.03. The Labute approximate surface area is 219 Å². The highest BCUT2D eigenvalue weighted by Gasteiger charge is 2.42. The van der Waals surface area contributed by atoms with Crippen LogP contribution in [0.1, 0.15) is 5.69 Å². The van der Waals surface area contributed by atoms with Gasteiger partial charge in [-0.05, 0) is 44.1 Å². The highest BCUT2D eigenvalue weighted by atomic mass is 32.2. The van der Waals surface area contributed by atoms with Crippen molar-refractivity contribution in [2.24, 2.45) is 11.8 Å². The van der Waals surface area contributed by atoms with Crippen LogP contribution in [0.3, 0.4) is 0 Å². The summed E-state index contributed by atoms with van der Waals surface area (Å²) in [6.45, 7) is 3.92. The number of carbonyl (C=O) groups is 3. The number of hydrogen-bond acceptors (Lipinski definition) is 9. The summed E-state index contributed by atoms with van der Waals surface area (Å²) in [6, 6.07) is 11.0. The number of thioether (sulfide) groups is 1. The Hall–Kier alpha value is -3.64. The molecule has 0 saturated carbocycles. The number of hydrogen-bond donors (Lipinski definition) is 2. The molecule has 0 spiro atoms. The molecule has 5 rings (SSSR count). The lowest BCUT2D eigenvalue weighted by atomic mass is 10.0. The van der Waals surface area contributed by atoms with Crippen molar-refractivity contribution in [2.75, 3.05) is 63.6 Å². The molecule has 4 heterocycles. The van der Waals surface area contributed by atoms with Gasteiger partial charge in [0.25, 0.3) is 11.1 Å². The van der Waals surface area contributed by atoms with Crippen LogP contribution in [-0.2, 0) is 4.79 Å². The maximum Gasteiger partial charge on any atom is 0.321 e. The number of urea groups is 1. The number of likely N-dealkylation sites (tertiary alicyclic amines) is 1. The van der Waals surface area contributed by atoms with Crippen LogP contribution in [0.25, 0.3) is 6.08 Å². The Balaban J connectivity index is 1.28. The van der Waals surface area contributed by atoms with Crippen molar-refractivity contribution in [3.8, 4) is 5.88 Å². The van der Waals surface area contributed by atoms with Crippen molar-refractivity contribution in [3.05, 3.63) is 47.0 Å². The Morgan fingerprint density at radius 3 is 2.54 bits per heavy atom. The van der Waals surface area contributed by atoms with Gasteiger partial charge >= 0.3 is 6.03 Å². The van der Waals surface area contributed by atoms with Crippen molar-refractivity contribution >= 4 is 46.7 Å². The second kappa shape index (κ2) is 10.8. The molecular weight excluding hydrogens is 494 g/mol. The number of likely N-dealkylation sites (N-methyl/N-ethyl adjacent to an activating group) is 1. The molecule has 12 heteroatoms. The van der Waals surface area contributed by atoms with Crippen molar-refractivity contribution < 1.29 is 19.1 Å². The van der Waals surface area contributed by atoms with Crippen molar-refractivity contribution in [3.63, 3.8) is 0 Å². The van der Waals surface area contributed by atoms with E-state index in [2.05, 4.69) is 25.5 Å². The van der Waals surface area contributed by atoms with E-state index < -0.39 is 11.1 Å². The lowest BCUT2D eigenvalue weighted by molar-refractivity contribution is -0.115. The molecule has 11 nitrogen and oxygen atoms in total. The third-order valence-electron chi connectivity index (χ3n) is 6.50. The number of nitrogens with one attached hydrogen (secondary N) is 2. The third-order valence-corrected chi connectivity index (χ3v) is 7.31. The standard InChI is InChI=1S/C25H29N7O4S/c1-30(2)8-9-36-21-11-19(10-20-22(33)29-25(35)37-20)26-23(28-21)31-12-16-14-32(15-17(16)13-31)24(34)27-18-6-4-3-5-7-18/h3-7,10-11,16-17H,8-9,12-15H2,1-2H3,(H,27,34)(H,29,33,35)/b20-10+. The number of amides is 4. The lowest BCUT2D eigenvalue weighted by Crippen LogP contribution is -2.36. The Bertz CT molecular complexity index is 1210. The number of aromatic nitrogens is 2. The molecule has 0 aliphatic carbocycles. The van der Waals surface area contributed by atoms with Gasteiger partial charge in [0.15, 0.2) is 0 Å². The average molecular weight is 524 g/mol. The minimum Gasteiger partial charge on any atom is -0.476 e. The van der Waals surface area contributed by atoms with Crippen molar-refractivity contribution in [1.29, 1.82) is 0 Å². The zero-order valence-corrected chi connectivity index (χ0v) is 21.5.